The Balaban J connectivity index is 1.96. The molecule has 0 aliphatic carbocycles. The Morgan fingerprint density at radius 1 is 1.29 bits per heavy atom. The highest BCUT2D eigenvalue weighted by molar-refractivity contribution is 5.39. The van der Waals surface area contributed by atoms with E-state index in [2.05, 4.69) is 21.8 Å². The molecule has 1 saturated heterocycles. The molecule has 1 aromatic heterocycles. The fraction of sp³-hybridized carbons (Fsp3) is 0.692. The molecule has 1 fully saturated rings. The SMILES string of the molecule is CCCC1CCCN(c2cnc(N)cn2)CC1. The second kappa shape index (κ2) is 5.84. The van der Waals surface area contributed by atoms with Crippen molar-refractivity contribution in [2.75, 3.05) is 23.7 Å². The first-order valence-electron chi connectivity index (χ1n) is 6.62. The van der Waals surface area contributed by atoms with Gasteiger partial charge in [-0.2, -0.15) is 0 Å². The molecule has 1 atom stereocenters. The molecule has 0 spiro atoms. The number of rotatable bonds is 3. The molecule has 0 bridgehead atoms. The maximum atomic E-state index is 5.56. The van der Waals surface area contributed by atoms with Gasteiger partial charge in [0, 0.05) is 13.1 Å². The van der Waals surface area contributed by atoms with Crippen molar-refractivity contribution in [3.8, 4) is 0 Å². The van der Waals surface area contributed by atoms with Crippen LogP contribution in [0.4, 0.5) is 11.6 Å². The van der Waals surface area contributed by atoms with Gasteiger partial charge in [-0.15, -0.1) is 0 Å². The lowest BCUT2D eigenvalue weighted by Crippen LogP contribution is -2.25. The van der Waals surface area contributed by atoms with Gasteiger partial charge in [-0.25, -0.2) is 9.97 Å². The van der Waals surface area contributed by atoms with Crippen LogP contribution in [0.1, 0.15) is 39.0 Å². The minimum absolute atomic E-state index is 0.493. The van der Waals surface area contributed by atoms with E-state index in [9.17, 15) is 0 Å². The highest BCUT2D eigenvalue weighted by Gasteiger charge is 2.17. The Bertz CT molecular complexity index is 336. The maximum absolute atomic E-state index is 5.56. The van der Waals surface area contributed by atoms with E-state index in [4.69, 9.17) is 5.73 Å². The van der Waals surface area contributed by atoms with Crippen LogP contribution in [-0.2, 0) is 0 Å². The fourth-order valence-electron chi connectivity index (χ4n) is 2.59. The zero-order chi connectivity index (χ0) is 12.1. The molecule has 0 amide bonds. The molecule has 4 heteroatoms. The standard InChI is InChI=1S/C13H22N4/c1-2-4-11-5-3-7-17(8-6-11)13-10-15-12(14)9-16-13/h9-11H,2-8H2,1H3,(H2,14,15). The summed E-state index contributed by atoms with van der Waals surface area (Å²) in [7, 11) is 0. The number of nitrogens with zero attached hydrogens (tertiary/aromatic N) is 3. The van der Waals surface area contributed by atoms with Crippen molar-refractivity contribution in [3.05, 3.63) is 12.4 Å². The lowest BCUT2D eigenvalue weighted by Gasteiger charge is -2.21. The van der Waals surface area contributed by atoms with Crippen LogP contribution in [0.3, 0.4) is 0 Å². The van der Waals surface area contributed by atoms with Crippen molar-refractivity contribution < 1.29 is 0 Å². The van der Waals surface area contributed by atoms with Gasteiger partial charge in [0.05, 0.1) is 12.4 Å². The van der Waals surface area contributed by atoms with E-state index < -0.39 is 0 Å². The molecule has 2 heterocycles. The monoisotopic (exact) mass is 234 g/mol. The highest BCUT2D eigenvalue weighted by atomic mass is 15.2. The van der Waals surface area contributed by atoms with Crippen molar-refractivity contribution in [2.45, 2.75) is 39.0 Å². The molecule has 94 valence electrons. The molecule has 0 saturated carbocycles. The van der Waals surface area contributed by atoms with E-state index in [0.717, 1.165) is 24.8 Å². The van der Waals surface area contributed by atoms with Crippen LogP contribution in [0.5, 0.6) is 0 Å². The Kier molecular flexibility index (Phi) is 4.18. The van der Waals surface area contributed by atoms with Crippen molar-refractivity contribution in [2.24, 2.45) is 5.92 Å². The van der Waals surface area contributed by atoms with Gasteiger partial charge in [-0.3, -0.25) is 0 Å². The van der Waals surface area contributed by atoms with Gasteiger partial charge in [0.15, 0.2) is 0 Å². The Hall–Kier alpha value is -1.32. The van der Waals surface area contributed by atoms with Crippen LogP contribution in [0.25, 0.3) is 0 Å². The average molecular weight is 234 g/mol. The zero-order valence-corrected chi connectivity index (χ0v) is 10.6. The van der Waals surface area contributed by atoms with Gasteiger partial charge in [-0.05, 0) is 25.2 Å². The first-order chi connectivity index (χ1) is 8.29. The molecule has 4 nitrogen and oxygen atoms in total. The van der Waals surface area contributed by atoms with Crippen LogP contribution < -0.4 is 10.6 Å². The first-order valence-corrected chi connectivity index (χ1v) is 6.62. The maximum Gasteiger partial charge on any atom is 0.147 e. The lowest BCUT2D eigenvalue weighted by atomic mass is 9.96. The predicted octanol–water partition coefficient (Wildman–Crippen LogP) is 2.47. The molecule has 1 aromatic rings. The summed E-state index contributed by atoms with van der Waals surface area (Å²) in [6.07, 6.45) is 9.98. The van der Waals surface area contributed by atoms with E-state index in [-0.39, 0.29) is 0 Å². The van der Waals surface area contributed by atoms with E-state index >= 15 is 0 Å². The van der Waals surface area contributed by atoms with Crippen molar-refractivity contribution in [1.29, 1.82) is 0 Å². The van der Waals surface area contributed by atoms with Gasteiger partial charge >= 0.3 is 0 Å². The van der Waals surface area contributed by atoms with Gasteiger partial charge in [0.2, 0.25) is 0 Å². The average Bonchev–Trinajstić information content (AvgIpc) is 2.56. The quantitative estimate of drug-likeness (QED) is 0.873. The van der Waals surface area contributed by atoms with Crippen LogP contribution in [-0.4, -0.2) is 23.1 Å². The molecule has 2 N–H and O–H groups in total. The molecule has 2 rings (SSSR count). The van der Waals surface area contributed by atoms with Crippen LogP contribution >= 0.6 is 0 Å². The van der Waals surface area contributed by atoms with E-state index in [0.29, 0.717) is 5.82 Å². The summed E-state index contributed by atoms with van der Waals surface area (Å²) in [5.74, 6) is 2.36. The summed E-state index contributed by atoms with van der Waals surface area (Å²) in [6.45, 7) is 4.47. The Morgan fingerprint density at radius 3 is 2.88 bits per heavy atom. The minimum Gasteiger partial charge on any atom is -0.382 e. The number of nitrogens with two attached hydrogens (primary N) is 1. The lowest BCUT2D eigenvalue weighted by molar-refractivity contribution is 0.435. The van der Waals surface area contributed by atoms with Crippen LogP contribution in [0, 0.1) is 5.92 Å². The molecular formula is C13H22N4. The van der Waals surface area contributed by atoms with Crippen molar-refractivity contribution in [1.82, 2.24) is 9.97 Å². The molecular weight excluding hydrogens is 212 g/mol. The summed E-state index contributed by atoms with van der Waals surface area (Å²) in [4.78, 5) is 10.8. The third-order valence-corrected chi connectivity index (χ3v) is 3.53. The molecule has 1 unspecified atom stereocenters. The Labute approximate surface area is 103 Å². The molecule has 17 heavy (non-hydrogen) atoms. The fourth-order valence-corrected chi connectivity index (χ4v) is 2.59. The van der Waals surface area contributed by atoms with Gasteiger partial charge < -0.3 is 10.6 Å². The molecule has 1 aliphatic rings. The number of anilines is 2. The molecule has 0 aromatic carbocycles. The second-order valence-corrected chi connectivity index (χ2v) is 4.87. The van der Waals surface area contributed by atoms with Crippen LogP contribution in [0.2, 0.25) is 0 Å². The van der Waals surface area contributed by atoms with Gasteiger partial charge in [-0.1, -0.05) is 19.8 Å². The zero-order valence-electron chi connectivity index (χ0n) is 10.6. The second-order valence-electron chi connectivity index (χ2n) is 4.87. The largest absolute Gasteiger partial charge is 0.382 e. The van der Waals surface area contributed by atoms with Gasteiger partial charge in [0.25, 0.3) is 0 Å². The number of aromatic nitrogens is 2. The summed E-state index contributed by atoms with van der Waals surface area (Å²) in [6, 6.07) is 0. The van der Waals surface area contributed by atoms with E-state index in [1.54, 1.807) is 12.4 Å². The number of hydrogen-bond donors (Lipinski definition) is 1. The third-order valence-electron chi connectivity index (χ3n) is 3.53. The molecule has 1 aliphatic heterocycles. The topological polar surface area (TPSA) is 55.0 Å². The van der Waals surface area contributed by atoms with E-state index in [1.165, 1.54) is 32.1 Å². The summed E-state index contributed by atoms with van der Waals surface area (Å²) in [5, 5.41) is 0. The Morgan fingerprint density at radius 2 is 2.18 bits per heavy atom. The summed E-state index contributed by atoms with van der Waals surface area (Å²) in [5.41, 5.74) is 5.56. The number of nitrogen functional groups attached to an aromatic ring is 1. The van der Waals surface area contributed by atoms with E-state index in [1.807, 2.05) is 0 Å². The highest BCUT2D eigenvalue weighted by Crippen LogP contribution is 2.24. The molecule has 0 radical (unpaired) electrons. The summed E-state index contributed by atoms with van der Waals surface area (Å²) >= 11 is 0. The van der Waals surface area contributed by atoms with Crippen molar-refractivity contribution >= 4 is 11.6 Å². The van der Waals surface area contributed by atoms with Gasteiger partial charge in [0.1, 0.15) is 11.6 Å². The number of hydrogen-bond acceptors (Lipinski definition) is 4. The normalized spacial score (nSPS) is 21.2. The third kappa shape index (κ3) is 3.32. The van der Waals surface area contributed by atoms with Crippen molar-refractivity contribution in [3.63, 3.8) is 0 Å². The smallest absolute Gasteiger partial charge is 0.147 e. The predicted molar refractivity (Wildman–Crippen MR) is 70.9 cm³/mol. The first kappa shape index (κ1) is 12.1. The minimum atomic E-state index is 0.493. The van der Waals surface area contributed by atoms with Crippen LogP contribution in [0.15, 0.2) is 12.4 Å². The summed E-state index contributed by atoms with van der Waals surface area (Å²) < 4.78 is 0.